The van der Waals surface area contributed by atoms with Crippen LogP contribution < -0.4 is 0 Å². The van der Waals surface area contributed by atoms with Crippen LogP contribution in [-0.2, 0) is 0 Å². The lowest BCUT2D eigenvalue weighted by Gasteiger charge is -2.08. The molecule has 1 heterocycles. The summed E-state index contributed by atoms with van der Waals surface area (Å²) in [6.07, 6.45) is 1.54. The zero-order chi connectivity index (χ0) is 11.7. The molecule has 0 aliphatic heterocycles. The molecule has 0 saturated carbocycles. The molecule has 0 aliphatic rings. The summed E-state index contributed by atoms with van der Waals surface area (Å²) in [7, 11) is 0. The number of aromatic carboxylic acids is 1. The third-order valence-electron chi connectivity index (χ3n) is 2.48. The molecule has 2 rings (SSSR count). The van der Waals surface area contributed by atoms with E-state index >= 15 is 0 Å². The molecule has 0 amide bonds. The molecule has 82 valence electrons. The van der Waals surface area contributed by atoms with Gasteiger partial charge in [0.15, 0.2) is 0 Å². The van der Waals surface area contributed by atoms with Gasteiger partial charge in [-0.2, -0.15) is 0 Å². The fourth-order valence-corrected chi connectivity index (χ4v) is 1.88. The fourth-order valence-electron chi connectivity index (χ4n) is 1.88. The monoisotopic (exact) mass is 216 g/mol. The fraction of sp³-hybridized carbons (Fsp3) is 0.154. The van der Waals surface area contributed by atoms with E-state index in [0.29, 0.717) is 11.3 Å². The zero-order valence-electron chi connectivity index (χ0n) is 9.15. The molecule has 0 radical (unpaired) electrons. The van der Waals surface area contributed by atoms with Crippen LogP contribution >= 0.6 is 0 Å². The summed E-state index contributed by atoms with van der Waals surface area (Å²) in [5.41, 5.74) is 2.79. The predicted molar refractivity (Wildman–Crippen MR) is 60.6 cm³/mol. The molecule has 1 N–H and O–H groups in total. The Bertz CT molecular complexity index is 524. The SMILES string of the molecule is Cc1cc(C)c(-c2ccco2)c(C(=O)O)c1. The Balaban J connectivity index is 2.72. The first-order chi connectivity index (χ1) is 7.59. The molecule has 0 saturated heterocycles. The van der Waals surface area contributed by atoms with Gasteiger partial charge in [0, 0.05) is 5.56 Å². The first-order valence-electron chi connectivity index (χ1n) is 4.98. The Kier molecular flexibility index (Phi) is 2.52. The Morgan fingerprint density at radius 2 is 2.06 bits per heavy atom. The summed E-state index contributed by atoms with van der Waals surface area (Å²) >= 11 is 0. The van der Waals surface area contributed by atoms with E-state index in [0.717, 1.165) is 11.1 Å². The van der Waals surface area contributed by atoms with Crippen LogP contribution in [0.4, 0.5) is 0 Å². The van der Waals surface area contributed by atoms with E-state index in [1.54, 1.807) is 24.5 Å². The summed E-state index contributed by atoms with van der Waals surface area (Å²) in [4.78, 5) is 11.2. The Hall–Kier alpha value is -2.03. The minimum absolute atomic E-state index is 0.285. The van der Waals surface area contributed by atoms with Crippen molar-refractivity contribution in [3.63, 3.8) is 0 Å². The molecule has 0 atom stereocenters. The average Bonchev–Trinajstić information content (AvgIpc) is 2.69. The minimum atomic E-state index is -0.932. The van der Waals surface area contributed by atoms with Crippen LogP contribution in [0.5, 0.6) is 0 Å². The topological polar surface area (TPSA) is 50.4 Å². The van der Waals surface area contributed by atoms with Crippen LogP contribution in [0.15, 0.2) is 34.9 Å². The second kappa shape index (κ2) is 3.85. The van der Waals surface area contributed by atoms with E-state index < -0.39 is 5.97 Å². The summed E-state index contributed by atoms with van der Waals surface area (Å²) in [6, 6.07) is 7.13. The lowest BCUT2D eigenvalue weighted by atomic mass is 9.97. The van der Waals surface area contributed by atoms with E-state index in [1.165, 1.54) is 0 Å². The third kappa shape index (κ3) is 1.72. The van der Waals surface area contributed by atoms with Crippen LogP contribution in [0.25, 0.3) is 11.3 Å². The van der Waals surface area contributed by atoms with Crippen molar-refractivity contribution in [2.75, 3.05) is 0 Å². The van der Waals surface area contributed by atoms with E-state index in [4.69, 9.17) is 4.42 Å². The second-order valence-electron chi connectivity index (χ2n) is 3.79. The van der Waals surface area contributed by atoms with E-state index in [2.05, 4.69) is 0 Å². The highest BCUT2D eigenvalue weighted by molar-refractivity contribution is 5.96. The largest absolute Gasteiger partial charge is 0.478 e. The highest BCUT2D eigenvalue weighted by Gasteiger charge is 2.16. The van der Waals surface area contributed by atoms with Crippen molar-refractivity contribution in [3.8, 4) is 11.3 Å². The number of hydrogen-bond donors (Lipinski definition) is 1. The van der Waals surface area contributed by atoms with Gasteiger partial charge in [0.25, 0.3) is 0 Å². The number of benzene rings is 1. The Morgan fingerprint density at radius 1 is 1.31 bits per heavy atom. The maximum atomic E-state index is 11.2. The molecule has 0 aliphatic carbocycles. The number of furan rings is 1. The molecule has 0 fully saturated rings. The molecule has 1 aromatic heterocycles. The highest BCUT2D eigenvalue weighted by Crippen LogP contribution is 2.29. The Morgan fingerprint density at radius 3 is 2.62 bits per heavy atom. The quantitative estimate of drug-likeness (QED) is 0.838. The first-order valence-corrected chi connectivity index (χ1v) is 4.98. The summed E-state index contributed by atoms with van der Waals surface area (Å²) < 4.78 is 5.27. The smallest absolute Gasteiger partial charge is 0.336 e. The van der Waals surface area contributed by atoms with Crippen LogP contribution in [0, 0.1) is 13.8 Å². The van der Waals surface area contributed by atoms with Crippen molar-refractivity contribution in [1.82, 2.24) is 0 Å². The van der Waals surface area contributed by atoms with Gasteiger partial charge in [0.2, 0.25) is 0 Å². The van der Waals surface area contributed by atoms with Crippen LogP contribution in [0.2, 0.25) is 0 Å². The standard InChI is InChI=1S/C13H12O3/c1-8-6-9(2)12(10(7-8)13(14)15)11-4-3-5-16-11/h3-7H,1-2H3,(H,14,15). The highest BCUT2D eigenvalue weighted by atomic mass is 16.4. The number of carboxylic acid groups (broad SMARTS) is 1. The molecule has 3 nitrogen and oxygen atoms in total. The van der Waals surface area contributed by atoms with Crippen molar-refractivity contribution in [2.24, 2.45) is 0 Å². The molecule has 1 aromatic carbocycles. The van der Waals surface area contributed by atoms with Gasteiger partial charge in [-0.05, 0) is 43.2 Å². The lowest BCUT2D eigenvalue weighted by Crippen LogP contribution is -2.01. The van der Waals surface area contributed by atoms with Crippen molar-refractivity contribution in [1.29, 1.82) is 0 Å². The normalized spacial score (nSPS) is 10.4. The van der Waals surface area contributed by atoms with Crippen molar-refractivity contribution >= 4 is 5.97 Å². The summed E-state index contributed by atoms with van der Waals surface area (Å²) in [5.74, 6) is -0.340. The van der Waals surface area contributed by atoms with E-state index in [-0.39, 0.29) is 5.56 Å². The van der Waals surface area contributed by atoms with Gasteiger partial charge >= 0.3 is 5.97 Å². The van der Waals surface area contributed by atoms with Crippen LogP contribution in [0.3, 0.4) is 0 Å². The number of hydrogen-bond acceptors (Lipinski definition) is 2. The van der Waals surface area contributed by atoms with Gasteiger partial charge in [0.1, 0.15) is 5.76 Å². The third-order valence-corrected chi connectivity index (χ3v) is 2.48. The van der Waals surface area contributed by atoms with Crippen molar-refractivity contribution in [3.05, 3.63) is 47.2 Å². The number of carboxylic acids is 1. The van der Waals surface area contributed by atoms with Crippen molar-refractivity contribution in [2.45, 2.75) is 13.8 Å². The molecule has 16 heavy (non-hydrogen) atoms. The number of rotatable bonds is 2. The molecule has 2 aromatic rings. The predicted octanol–water partition coefficient (Wildman–Crippen LogP) is 3.26. The van der Waals surface area contributed by atoms with Crippen molar-refractivity contribution < 1.29 is 14.3 Å². The molecule has 3 heteroatoms. The van der Waals surface area contributed by atoms with Crippen LogP contribution in [0.1, 0.15) is 21.5 Å². The molecular formula is C13H12O3. The number of aryl methyl sites for hydroxylation is 2. The average molecular weight is 216 g/mol. The summed E-state index contributed by atoms with van der Waals surface area (Å²) in [5, 5.41) is 9.17. The number of carbonyl (C=O) groups is 1. The summed E-state index contributed by atoms with van der Waals surface area (Å²) in [6.45, 7) is 3.77. The Labute approximate surface area is 93.3 Å². The second-order valence-corrected chi connectivity index (χ2v) is 3.79. The molecule has 0 bridgehead atoms. The van der Waals surface area contributed by atoms with E-state index in [9.17, 15) is 9.90 Å². The molecular weight excluding hydrogens is 204 g/mol. The van der Waals surface area contributed by atoms with Crippen LogP contribution in [-0.4, -0.2) is 11.1 Å². The lowest BCUT2D eigenvalue weighted by molar-refractivity contribution is 0.0697. The van der Waals surface area contributed by atoms with Gasteiger partial charge in [-0.15, -0.1) is 0 Å². The van der Waals surface area contributed by atoms with Gasteiger partial charge < -0.3 is 9.52 Å². The molecule has 0 unspecified atom stereocenters. The molecule has 0 spiro atoms. The van der Waals surface area contributed by atoms with Gasteiger partial charge in [0.05, 0.1) is 11.8 Å². The first kappa shape index (κ1) is 10.5. The van der Waals surface area contributed by atoms with Gasteiger partial charge in [-0.25, -0.2) is 4.79 Å². The zero-order valence-corrected chi connectivity index (χ0v) is 9.15. The van der Waals surface area contributed by atoms with Gasteiger partial charge in [-0.1, -0.05) is 6.07 Å². The van der Waals surface area contributed by atoms with E-state index in [1.807, 2.05) is 19.9 Å². The maximum absolute atomic E-state index is 11.2. The maximum Gasteiger partial charge on any atom is 0.336 e. The minimum Gasteiger partial charge on any atom is -0.478 e. The van der Waals surface area contributed by atoms with Gasteiger partial charge in [-0.3, -0.25) is 0 Å².